The maximum absolute atomic E-state index is 12.5. The Morgan fingerprint density at radius 2 is 1.92 bits per heavy atom. The molecule has 0 heterocycles. The third-order valence-corrected chi connectivity index (χ3v) is 4.48. The van der Waals surface area contributed by atoms with Crippen LogP contribution in [-0.4, -0.2) is 21.0 Å². The summed E-state index contributed by atoms with van der Waals surface area (Å²) in [6.45, 7) is 1.64. The minimum absolute atomic E-state index is 0.123. The molecule has 0 saturated heterocycles. The van der Waals surface area contributed by atoms with Gasteiger partial charge in [0.05, 0.1) is 7.11 Å². The molecule has 1 aromatic rings. The van der Waals surface area contributed by atoms with Crippen molar-refractivity contribution in [3.05, 3.63) is 29.3 Å². The molecule has 0 bridgehead atoms. The molecule has 1 saturated carbocycles. The van der Waals surface area contributed by atoms with E-state index in [-0.39, 0.29) is 5.75 Å². The van der Waals surface area contributed by atoms with E-state index < -0.39 is 27.4 Å². The van der Waals surface area contributed by atoms with E-state index in [1.54, 1.807) is 13.0 Å². The lowest BCUT2D eigenvalue weighted by Gasteiger charge is -2.17. The fourth-order valence-electron chi connectivity index (χ4n) is 2.05. The van der Waals surface area contributed by atoms with E-state index in [1.807, 2.05) is 6.08 Å². The number of hydrogen-bond donors (Lipinski definition) is 1. The summed E-state index contributed by atoms with van der Waals surface area (Å²) in [5.41, 5.74) is 1.42. The van der Waals surface area contributed by atoms with Crippen LogP contribution in [0.5, 0.6) is 11.5 Å². The zero-order chi connectivity index (χ0) is 18.1. The molecule has 1 aliphatic rings. The third kappa shape index (κ3) is 4.21. The molecule has 0 aliphatic heterocycles. The first-order valence-corrected chi connectivity index (χ1v) is 8.62. The molecule has 5 nitrogen and oxygen atoms in total. The summed E-state index contributed by atoms with van der Waals surface area (Å²) in [4.78, 5) is 0. The second-order valence-corrected chi connectivity index (χ2v) is 7.14. The van der Waals surface area contributed by atoms with Crippen molar-refractivity contribution in [3.63, 3.8) is 0 Å². The molecule has 0 amide bonds. The second-order valence-electron chi connectivity index (χ2n) is 5.60. The fourth-order valence-corrected chi connectivity index (χ4v) is 2.51. The van der Waals surface area contributed by atoms with Crippen molar-refractivity contribution < 1.29 is 30.5 Å². The van der Waals surface area contributed by atoms with Gasteiger partial charge in [0.1, 0.15) is 0 Å². The number of allylic oxidation sites excluding steroid dienone is 1. The first-order chi connectivity index (χ1) is 11.0. The van der Waals surface area contributed by atoms with Gasteiger partial charge in [-0.1, -0.05) is 12.2 Å². The number of halogens is 3. The van der Waals surface area contributed by atoms with Gasteiger partial charge in [0, 0.05) is 6.04 Å². The third-order valence-electron chi connectivity index (χ3n) is 3.51. The lowest BCUT2D eigenvalue weighted by Crippen LogP contribution is -2.28. The van der Waals surface area contributed by atoms with Gasteiger partial charge in [-0.2, -0.15) is 21.6 Å². The summed E-state index contributed by atoms with van der Waals surface area (Å²) in [6, 6.07) is 2.05. The molecule has 24 heavy (non-hydrogen) atoms. The maximum atomic E-state index is 12.5. The van der Waals surface area contributed by atoms with Gasteiger partial charge >= 0.3 is 15.6 Å². The van der Waals surface area contributed by atoms with E-state index in [1.165, 1.54) is 19.2 Å². The highest BCUT2D eigenvalue weighted by Gasteiger charge is 2.49. The first-order valence-electron chi connectivity index (χ1n) is 7.21. The van der Waals surface area contributed by atoms with Crippen molar-refractivity contribution in [2.24, 2.45) is 11.7 Å². The van der Waals surface area contributed by atoms with E-state index in [0.717, 1.165) is 12.8 Å². The average molecular weight is 365 g/mol. The predicted molar refractivity (Wildman–Crippen MR) is 83.0 cm³/mol. The molecule has 0 radical (unpaired) electrons. The molecule has 2 N–H and O–H groups in total. The molecule has 1 aliphatic carbocycles. The number of alkyl halides is 3. The average Bonchev–Trinajstić information content (AvgIpc) is 3.27. The van der Waals surface area contributed by atoms with Crippen LogP contribution in [-0.2, 0) is 10.1 Å². The van der Waals surface area contributed by atoms with Crippen molar-refractivity contribution in [3.8, 4) is 11.5 Å². The van der Waals surface area contributed by atoms with Gasteiger partial charge in [0.15, 0.2) is 11.5 Å². The smallest absolute Gasteiger partial charge is 0.493 e. The largest absolute Gasteiger partial charge is 0.534 e. The zero-order valence-electron chi connectivity index (χ0n) is 13.1. The standard InChI is InChI=1S/C15H18F3NO4S/c1-9(19)12-8-14(23-24(20,21)15(16,17)18)13(22-2)7-11(12)6-5-10-3-4-10/h5-10H,3-4,19H2,1-2H3/b6-5+/t9-/m0/s1. The Hall–Kier alpha value is -1.74. The van der Waals surface area contributed by atoms with Crippen LogP contribution in [0.1, 0.15) is 36.9 Å². The van der Waals surface area contributed by atoms with E-state index in [2.05, 4.69) is 4.18 Å². The number of methoxy groups -OCH3 is 1. The summed E-state index contributed by atoms with van der Waals surface area (Å²) in [7, 11) is -4.58. The van der Waals surface area contributed by atoms with Gasteiger partial charge < -0.3 is 14.7 Å². The molecule has 9 heteroatoms. The molecule has 0 unspecified atom stereocenters. The van der Waals surface area contributed by atoms with E-state index in [9.17, 15) is 21.6 Å². The maximum Gasteiger partial charge on any atom is 0.534 e. The highest BCUT2D eigenvalue weighted by Crippen LogP contribution is 2.38. The Labute approximate surface area is 138 Å². The molecule has 1 fully saturated rings. The zero-order valence-corrected chi connectivity index (χ0v) is 13.9. The summed E-state index contributed by atoms with van der Waals surface area (Å²) >= 11 is 0. The van der Waals surface area contributed by atoms with Crippen LogP contribution in [0.15, 0.2) is 18.2 Å². The fraction of sp³-hybridized carbons (Fsp3) is 0.467. The Bertz CT molecular complexity index is 738. The van der Waals surface area contributed by atoms with Crippen LogP contribution < -0.4 is 14.7 Å². The molecule has 1 aromatic carbocycles. The van der Waals surface area contributed by atoms with Gasteiger partial charge in [-0.25, -0.2) is 0 Å². The van der Waals surface area contributed by atoms with Crippen LogP contribution in [0.3, 0.4) is 0 Å². The quantitative estimate of drug-likeness (QED) is 0.618. The Morgan fingerprint density at radius 3 is 2.38 bits per heavy atom. The van der Waals surface area contributed by atoms with E-state index in [0.29, 0.717) is 17.0 Å². The minimum atomic E-state index is -5.79. The van der Waals surface area contributed by atoms with Crippen molar-refractivity contribution in [2.45, 2.75) is 31.3 Å². The van der Waals surface area contributed by atoms with Gasteiger partial charge in [-0.15, -0.1) is 0 Å². The second kappa shape index (κ2) is 6.64. The molecular formula is C15H18F3NO4S. The first kappa shape index (κ1) is 18.6. The highest BCUT2D eigenvalue weighted by atomic mass is 32.2. The van der Waals surface area contributed by atoms with Gasteiger partial charge in [-0.3, -0.25) is 0 Å². The molecule has 1 atom stereocenters. The Kier molecular flexibility index (Phi) is 5.14. The van der Waals surface area contributed by atoms with Crippen LogP contribution in [0.25, 0.3) is 6.08 Å². The summed E-state index contributed by atoms with van der Waals surface area (Å²) in [6.07, 6.45) is 5.97. The molecule has 0 aromatic heterocycles. The van der Waals surface area contributed by atoms with Crippen molar-refractivity contribution in [1.29, 1.82) is 0 Å². The number of ether oxygens (including phenoxy) is 1. The topological polar surface area (TPSA) is 78.6 Å². The predicted octanol–water partition coefficient (Wildman–Crippen LogP) is 3.37. The Morgan fingerprint density at radius 1 is 1.29 bits per heavy atom. The SMILES string of the molecule is COc1cc(/C=C/C2CC2)c([C@H](C)N)cc1OS(=O)(=O)C(F)(F)F. The van der Waals surface area contributed by atoms with Crippen molar-refractivity contribution in [1.82, 2.24) is 0 Å². The van der Waals surface area contributed by atoms with E-state index in [4.69, 9.17) is 10.5 Å². The molecule has 134 valence electrons. The monoisotopic (exact) mass is 365 g/mol. The van der Waals surface area contributed by atoms with Gasteiger partial charge in [0.25, 0.3) is 0 Å². The van der Waals surface area contributed by atoms with Gasteiger partial charge in [0.2, 0.25) is 0 Å². The lowest BCUT2D eigenvalue weighted by atomic mass is 10.00. The summed E-state index contributed by atoms with van der Waals surface area (Å²) in [5, 5.41) is 0. The number of rotatable bonds is 6. The lowest BCUT2D eigenvalue weighted by molar-refractivity contribution is -0.0500. The van der Waals surface area contributed by atoms with Crippen LogP contribution in [0.4, 0.5) is 13.2 Å². The molecule has 0 spiro atoms. The summed E-state index contributed by atoms with van der Waals surface area (Å²) in [5.74, 6) is -0.188. The number of hydrogen-bond acceptors (Lipinski definition) is 5. The number of benzene rings is 1. The highest BCUT2D eigenvalue weighted by molar-refractivity contribution is 7.88. The van der Waals surface area contributed by atoms with E-state index >= 15 is 0 Å². The number of nitrogens with two attached hydrogens (primary N) is 1. The van der Waals surface area contributed by atoms with Crippen LogP contribution in [0.2, 0.25) is 0 Å². The van der Waals surface area contributed by atoms with Crippen LogP contribution >= 0.6 is 0 Å². The molecule has 2 rings (SSSR count). The summed E-state index contributed by atoms with van der Waals surface area (Å²) < 4.78 is 69.2. The van der Waals surface area contributed by atoms with Gasteiger partial charge in [-0.05, 0) is 48.9 Å². The van der Waals surface area contributed by atoms with Crippen molar-refractivity contribution >= 4 is 16.2 Å². The molecular weight excluding hydrogens is 347 g/mol. The minimum Gasteiger partial charge on any atom is -0.493 e. The van der Waals surface area contributed by atoms with Crippen molar-refractivity contribution in [2.75, 3.05) is 7.11 Å². The Balaban J connectivity index is 2.46. The van der Waals surface area contributed by atoms with Crippen LogP contribution in [0, 0.1) is 5.92 Å². The normalized spacial score (nSPS) is 17.1.